The summed E-state index contributed by atoms with van der Waals surface area (Å²) in [5, 5.41) is 13.4. The van der Waals surface area contributed by atoms with E-state index in [1.807, 2.05) is 6.92 Å². The zero-order chi connectivity index (χ0) is 26.7. The van der Waals surface area contributed by atoms with Gasteiger partial charge in [0.05, 0.1) is 34.7 Å². The second kappa shape index (κ2) is 11.0. The van der Waals surface area contributed by atoms with Crippen LogP contribution in [0.1, 0.15) is 62.3 Å². The number of alkyl halides is 3. The summed E-state index contributed by atoms with van der Waals surface area (Å²) in [6, 6.07) is 8.45. The molecule has 2 aliphatic rings. The number of aliphatic imine (C=N–C) groups is 1. The van der Waals surface area contributed by atoms with E-state index in [9.17, 15) is 27.9 Å². The molecule has 0 radical (unpaired) electrons. The molecule has 1 aromatic heterocycles. The van der Waals surface area contributed by atoms with Crippen molar-refractivity contribution < 1.29 is 27.9 Å². The number of aliphatic hydroxyl groups excluding tert-OH is 1. The standard InChI is InChI=1S/C27H31F3N4O3/c1-3-4-9-22(35)19(14-16-10-11-16)25(36)33-24-26(37)34(2)21-8-6-5-7-18(21)23(32-24)20-15-17(12-13-31-20)27(28,29)30/h5-8,12-13,15-16,19,22,24,35H,3-4,9-11,14H2,1-2H3,(H,33,36)/t19-,22+,24?/m1/s1. The Kier molecular flexibility index (Phi) is 7.96. The number of pyridine rings is 1. The van der Waals surface area contributed by atoms with Crippen molar-refractivity contribution >= 4 is 23.2 Å². The third-order valence-corrected chi connectivity index (χ3v) is 6.89. The minimum absolute atomic E-state index is 0.0648. The Bertz CT molecular complexity index is 1180. The Labute approximate surface area is 213 Å². The number of amides is 2. The minimum atomic E-state index is -4.59. The molecule has 1 saturated carbocycles. The molecule has 198 valence electrons. The molecule has 7 nitrogen and oxygen atoms in total. The van der Waals surface area contributed by atoms with Crippen molar-refractivity contribution in [3.63, 3.8) is 0 Å². The van der Waals surface area contributed by atoms with Crippen LogP contribution in [0.3, 0.4) is 0 Å². The molecule has 1 unspecified atom stereocenters. The zero-order valence-electron chi connectivity index (χ0n) is 20.8. The fraction of sp³-hybridized carbons (Fsp3) is 0.481. The highest BCUT2D eigenvalue weighted by Gasteiger charge is 2.38. The van der Waals surface area contributed by atoms with Gasteiger partial charge in [-0.2, -0.15) is 13.2 Å². The molecule has 1 aliphatic heterocycles. The molecule has 1 fully saturated rings. The Morgan fingerprint density at radius 3 is 2.65 bits per heavy atom. The summed E-state index contributed by atoms with van der Waals surface area (Å²) in [5.41, 5.74) is -0.0537. The highest BCUT2D eigenvalue weighted by molar-refractivity contribution is 6.19. The Morgan fingerprint density at radius 2 is 1.97 bits per heavy atom. The van der Waals surface area contributed by atoms with Crippen molar-refractivity contribution in [3.05, 3.63) is 59.4 Å². The van der Waals surface area contributed by atoms with Gasteiger partial charge in [-0.25, -0.2) is 4.99 Å². The fourth-order valence-corrected chi connectivity index (χ4v) is 4.56. The van der Waals surface area contributed by atoms with Crippen LogP contribution >= 0.6 is 0 Å². The van der Waals surface area contributed by atoms with Crippen molar-refractivity contribution in [3.8, 4) is 0 Å². The van der Waals surface area contributed by atoms with Crippen LogP contribution in [-0.4, -0.2) is 46.9 Å². The van der Waals surface area contributed by atoms with Crippen molar-refractivity contribution in [2.24, 2.45) is 16.8 Å². The molecule has 0 bridgehead atoms. The maximum absolute atomic E-state index is 13.4. The molecular formula is C27H31F3N4O3. The largest absolute Gasteiger partial charge is 0.416 e. The third kappa shape index (κ3) is 6.18. The second-order valence-corrected chi connectivity index (χ2v) is 9.73. The number of hydrogen-bond donors (Lipinski definition) is 2. The summed E-state index contributed by atoms with van der Waals surface area (Å²) in [6.45, 7) is 2.00. The zero-order valence-corrected chi connectivity index (χ0v) is 20.8. The number of para-hydroxylation sites is 1. The van der Waals surface area contributed by atoms with Gasteiger partial charge in [-0.1, -0.05) is 50.8 Å². The van der Waals surface area contributed by atoms with Crippen molar-refractivity contribution in [1.82, 2.24) is 10.3 Å². The molecule has 1 aliphatic carbocycles. The van der Waals surface area contributed by atoms with Crippen LogP contribution in [-0.2, 0) is 15.8 Å². The predicted molar refractivity (Wildman–Crippen MR) is 133 cm³/mol. The molecular weight excluding hydrogens is 485 g/mol. The number of hydrogen-bond acceptors (Lipinski definition) is 5. The topological polar surface area (TPSA) is 94.9 Å². The van der Waals surface area contributed by atoms with E-state index in [0.717, 1.165) is 44.0 Å². The number of likely N-dealkylation sites (N-methyl/N-ethyl adjacent to an activating group) is 1. The summed E-state index contributed by atoms with van der Waals surface area (Å²) in [4.78, 5) is 36.7. The van der Waals surface area contributed by atoms with E-state index < -0.39 is 41.7 Å². The van der Waals surface area contributed by atoms with Gasteiger partial charge in [-0.3, -0.25) is 14.6 Å². The van der Waals surface area contributed by atoms with E-state index in [-0.39, 0.29) is 11.4 Å². The van der Waals surface area contributed by atoms with Crippen LogP contribution in [0.4, 0.5) is 18.9 Å². The van der Waals surface area contributed by atoms with Gasteiger partial charge in [-0.05, 0) is 37.0 Å². The number of carbonyl (C=O) groups excluding carboxylic acids is 2. The number of rotatable bonds is 9. The van der Waals surface area contributed by atoms with E-state index in [0.29, 0.717) is 30.0 Å². The first-order valence-electron chi connectivity index (χ1n) is 12.6. The van der Waals surface area contributed by atoms with Crippen LogP contribution < -0.4 is 10.2 Å². The highest BCUT2D eigenvalue weighted by atomic mass is 19.4. The van der Waals surface area contributed by atoms with Gasteiger partial charge in [0, 0.05) is 18.8 Å². The maximum atomic E-state index is 13.4. The van der Waals surface area contributed by atoms with Crippen LogP contribution in [0.25, 0.3) is 0 Å². The van der Waals surface area contributed by atoms with Crippen LogP contribution in [0.15, 0.2) is 47.6 Å². The molecule has 1 aromatic carbocycles. The molecule has 37 heavy (non-hydrogen) atoms. The number of benzodiazepines with no additional fused rings is 1. The van der Waals surface area contributed by atoms with Crippen molar-refractivity contribution in [1.29, 1.82) is 0 Å². The normalized spacial score (nSPS) is 19.5. The molecule has 2 aromatic rings. The number of aromatic nitrogens is 1. The monoisotopic (exact) mass is 516 g/mol. The van der Waals surface area contributed by atoms with Gasteiger partial charge < -0.3 is 15.3 Å². The fourth-order valence-electron chi connectivity index (χ4n) is 4.56. The number of fused-ring (bicyclic) bond motifs is 1. The number of unbranched alkanes of at least 4 members (excludes halogenated alkanes) is 1. The van der Waals surface area contributed by atoms with Crippen molar-refractivity contribution in [2.45, 2.75) is 63.9 Å². The number of halogens is 3. The van der Waals surface area contributed by atoms with E-state index in [1.54, 1.807) is 24.3 Å². The average molecular weight is 517 g/mol. The van der Waals surface area contributed by atoms with Gasteiger partial charge in [0.25, 0.3) is 5.91 Å². The lowest BCUT2D eigenvalue weighted by Crippen LogP contribution is -2.49. The average Bonchev–Trinajstić information content (AvgIpc) is 3.71. The first-order valence-corrected chi connectivity index (χ1v) is 12.6. The maximum Gasteiger partial charge on any atom is 0.416 e. The SMILES string of the molecule is CCCC[C@H](O)[C@@H](CC1CC1)C(=O)NC1N=C(c2cc(C(F)(F)F)ccn2)c2ccccc2N(C)C1=O. The first kappa shape index (κ1) is 26.8. The number of benzene rings is 1. The second-order valence-electron chi connectivity index (χ2n) is 9.73. The number of nitrogens with zero attached hydrogens (tertiary/aromatic N) is 3. The summed E-state index contributed by atoms with van der Waals surface area (Å²) < 4.78 is 40.3. The Hall–Kier alpha value is -3.27. The van der Waals surface area contributed by atoms with Crippen LogP contribution in [0, 0.1) is 11.8 Å². The van der Waals surface area contributed by atoms with Crippen LogP contribution in [0.5, 0.6) is 0 Å². The van der Waals surface area contributed by atoms with Gasteiger partial charge in [-0.15, -0.1) is 0 Å². The number of anilines is 1. The smallest absolute Gasteiger partial charge is 0.392 e. The quantitative estimate of drug-likeness (QED) is 0.519. The molecule has 2 N–H and O–H groups in total. The van der Waals surface area contributed by atoms with Crippen molar-refractivity contribution in [2.75, 3.05) is 11.9 Å². The van der Waals surface area contributed by atoms with E-state index in [1.165, 1.54) is 11.9 Å². The van der Waals surface area contributed by atoms with E-state index in [2.05, 4.69) is 15.3 Å². The third-order valence-electron chi connectivity index (χ3n) is 6.89. The predicted octanol–water partition coefficient (Wildman–Crippen LogP) is 4.32. The van der Waals surface area contributed by atoms with E-state index >= 15 is 0 Å². The molecule has 2 amide bonds. The minimum Gasteiger partial charge on any atom is -0.392 e. The lowest BCUT2D eigenvalue weighted by atomic mass is 9.91. The van der Waals surface area contributed by atoms with E-state index in [4.69, 9.17) is 0 Å². The summed E-state index contributed by atoms with van der Waals surface area (Å²) >= 11 is 0. The summed E-state index contributed by atoms with van der Waals surface area (Å²) in [5.74, 6) is -1.38. The number of carbonyl (C=O) groups is 2. The molecule has 3 atom stereocenters. The van der Waals surface area contributed by atoms with Gasteiger partial charge in [0.1, 0.15) is 0 Å². The molecule has 10 heteroatoms. The molecule has 0 saturated heterocycles. The first-order chi connectivity index (χ1) is 17.6. The number of nitrogens with one attached hydrogen (secondary N) is 1. The molecule has 2 heterocycles. The van der Waals surface area contributed by atoms with Gasteiger partial charge in [0.2, 0.25) is 12.1 Å². The summed E-state index contributed by atoms with van der Waals surface area (Å²) in [6.07, 6.45) is -1.19. The molecule has 4 rings (SSSR count). The van der Waals surface area contributed by atoms with Gasteiger partial charge in [0.15, 0.2) is 0 Å². The molecule has 0 spiro atoms. The number of aliphatic hydroxyl groups is 1. The van der Waals surface area contributed by atoms with Gasteiger partial charge >= 0.3 is 6.18 Å². The lowest BCUT2D eigenvalue weighted by Gasteiger charge is -2.25. The van der Waals surface area contributed by atoms with Crippen LogP contribution in [0.2, 0.25) is 0 Å². The highest BCUT2D eigenvalue weighted by Crippen LogP contribution is 2.37. The Balaban J connectivity index is 1.71. The lowest BCUT2D eigenvalue weighted by molar-refractivity contribution is -0.137. The Morgan fingerprint density at radius 1 is 1.24 bits per heavy atom. The summed E-state index contributed by atoms with van der Waals surface area (Å²) in [7, 11) is 1.52.